The first-order valence-corrected chi connectivity index (χ1v) is 7.24. The topological polar surface area (TPSA) is 96.4 Å². The molecule has 0 aliphatic carbocycles. The van der Waals surface area contributed by atoms with Gasteiger partial charge in [0.1, 0.15) is 12.8 Å². The number of hydrogen-bond acceptors (Lipinski definition) is 6. The lowest BCUT2D eigenvalue weighted by molar-refractivity contribution is -0.152. The molecule has 23 heavy (non-hydrogen) atoms. The highest BCUT2D eigenvalue weighted by Gasteiger charge is 2.29. The van der Waals surface area contributed by atoms with Gasteiger partial charge in [-0.2, -0.15) is 4.98 Å². The molecule has 2 unspecified atom stereocenters. The van der Waals surface area contributed by atoms with Crippen LogP contribution in [0.15, 0.2) is 24.1 Å². The van der Waals surface area contributed by atoms with E-state index in [2.05, 4.69) is 18.1 Å². The van der Waals surface area contributed by atoms with E-state index in [1.54, 1.807) is 13.8 Å². The molecule has 1 aliphatic rings. The van der Waals surface area contributed by atoms with Gasteiger partial charge in [-0.05, 0) is 12.8 Å². The Morgan fingerprint density at radius 1 is 1.57 bits per heavy atom. The number of halogens is 1. The van der Waals surface area contributed by atoms with Crippen LogP contribution < -0.4 is 11.4 Å². The second-order valence-corrected chi connectivity index (χ2v) is 5.24. The molecule has 1 fully saturated rings. The summed E-state index contributed by atoms with van der Waals surface area (Å²) in [6, 6.07) is 0. The molecule has 8 heteroatoms. The van der Waals surface area contributed by atoms with E-state index in [1.165, 1.54) is 0 Å². The Labute approximate surface area is 133 Å². The van der Waals surface area contributed by atoms with E-state index < -0.39 is 23.6 Å². The number of esters is 1. The summed E-state index contributed by atoms with van der Waals surface area (Å²) in [5.74, 6) is -1.72. The third-order valence-corrected chi connectivity index (χ3v) is 3.21. The number of anilines is 1. The van der Waals surface area contributed by atoms with Crippen LogP contribution in [0.4, 0.5) is 10.2 Å². The summed E-state index contributed by atoms with van der Waals surface area (Å²) in [6.45, 7) is 9.60. The summed E-state index contributed by atoms with van der Waals surface area (Å²) in [4.78, 5) is 26.4. The molecule has 2 atom stereocenters. The molecule has 128 valence electrons. The van der Waals surface area contributed by atoms with E-state index in [4.69, 9.17) is 15.2 Å². The van der Waals surface area contributed by atoms with Crippen molar-refractivity contribution in [1.82, 2.24) is 9.55 Å². The fraction of sp³-hybridized carbons (Fsp3) is 0.533. The van der Waals surface area contributed by atoms with Crippen LogP contribution in [0.25, 0.3) is 0 Å². The summed E-state index contributed by atoms with van der Waals surface area (Å²) in [6.07, 6.45) is 1.16. The van der Waals surface area contributed by atoms with Crippen molar-refractivity contribution in [3.8, 4) is 0 Å². The minimum absolute atomic E-state index is 0.118. The fourth-order valence-electron chi connectivity index (χ4n) is 2.02. The van der Waals surface area contributed by atoms with Gasteiger partial charge in [-0.25, -0.2) is 9.18 Å². The van der Waals surface area contributed by atoms with Gasteiger partial charge in [-0.1, -0.05) is 13.8 Å². The first-order valence-electron chi connectivity index (χ1n) is 7.24. The summed E-state index contributed by atoms with van der Waals surface area (Å²) in [7, 11) is 0. The molecule has 0 saturated carbocycles. The smallest absolute Gasteiger partial charge is 0.351 e. The summed E-state index contributed by atoms with van der Waals surface area (Å²) < 4.78 is 25.1. The minimum Gasteiger partial charge on any atom is -0.463 e. The first kappa shape index (κ1) is 18.8. The van der Waals surface area contributed by atoms with Gasteiger partial charge in [-0.3, -0.25) is 9.36 Å². The average Bonchev–Trinajstić information content (AvgIpc) is 2.99. The van der Waals surface area contributed by atoms with E-state index in [0.717, 1.165) is 10.8 Å². The number of nitrogens with two attached hydrogens (primary N) is 1. The van der Waals surface area contributed by atoms with E-state index >= 15 is 0 Å². The quantitative estimate of drug-likeness (QED) is 0.667. The molecule has 1 aliphatic heterocycles. The van der Waals surface area contributed by atoms with Gasteiger partial charge in [0, 0.05) is 0 Å². The zero-order valence-corrected chi connectivity index (χ0v) is 13.3. The van der Waals surface area contributed by atoms with Gasteiger partial charge in [0.25, 0.3) is 0 Å². The van der Waals surface area contributed by atoms with Crippen molar-refractivity contribution < 1.29 is 18.7 Å². The summed E-state index contributed by atoms with van der Waals surface area (Å²) >= 11 is 0. The molecule has 0 amide bonds. The third kappa shape index (κ3) is 4.88. The highest BCUT2D eigenvalue weighted by atomic mass is 19.1. The van der Waals surface area contributed by atoms with Crippen LogP contribution in [0.3, 0.4) is 0 Å². The van der Waals surface area contributed by atoms with E-state index in [-0.39, 0.29) is 24.6 Å². The van der Waals surface area contributed by atoms with E-state index in [1.807, 2.05) is 0 Å². The Morgan fingerprint density at radius 2 is 2.22 bits per heavy atom. The van der Waals surface area contributed by atoms with Gasteiger partial charge in [0.15, 0.2) is 11.6 Å². The lowest BCUT2D eigenvalue weighted by Crippen LogP contribution is -2.29. The number of ether oxygens (including phenoxy) is 2. The van der Waals surface area contributed by atoms with Crippen LogP contribution in [0, 0.1) is 11.7 Å². The number of carbonyl (C=O) groups is 1. The van der Waals surface area contributed by atoms with Crippen LogP contribution in [0.2, 0.25) is 0 Å². The van der Waals surface area contributed by atoms with Crippen LogP contribution in [0.5, 0.6) is 0 Å². The number of carbonyl (C=O) groups excluding carboxylic acids is 1. The van der Waals surface area contributed by atoms with E-state index in [9.17, 15) is 14.0 Å². The Kier molecular flexibility index (Phi) is 6.89. The van der Waals surface area contributed by atoms with Crippen LogP contribution >= 0.6 is 0 Å². The standard InChI is InChI=1S/C13H18FN3O4.C2H4/c1-7(2)12(18)20-6-8-3-4-10(21-8)17-5-9(14)11(15)16-13(17)19;1-2/h5,7-8,10H,3-4,6H2,1-2H3,(H2,15,16,19);1-2H2. The second-order valence-electron chi connectivity index (χ2n) is 5.24. The molecule has 7 nitrogen and oxygen atoms in total. The zero-order valence-electron chi connectivity index (χ0n) is 13.3. The molecule has 1 aromatic rings. The molecule has 0 spiro atoms. The Balaban J connectivity index is 0.00000127. The van der Waals surface area contributed by atoms with Crippen molar-refractivity contribution in [3.05, 3.63) is 35.7 Å². The first-order chi connectivity index (χ1) is 10.9. The maximum Gasteiger partial charge on any atom is 0.351 e. The van der Waals surface area contributed by atoms with Crippen molar-refractivity contribution in [3.63, 3.8) is 0 Å². The number of hydrogen-bond donors (Lipinski definition) is 1. The van der Waals surface area contributed by atoms with Crippen LogP contribution in [-0.4, -0.2) is 28.2 Å². The number of nitrogen functional groups attached to an aromatic ring is 1. The van der Waals surface area contributed by atoms with Gasteiger partial charge in [0.2, 0.25) is 0 Å². The van der Waals surface area contributed by atoms with Crippen molar-refractivity contribution in [1.29, 1.82) is 0 Å². The molecule has 1 aromatic heterocycles. The normalized spacial score (nSPS) is 20.0. The highest BCUT2D eigenvalue weighted by molar-refractivity contribution is 5.71. The molecule has 1 saturated heterocycles. The molecular weight excluding hydrogens is 305 g/mol. The summed E-state index contributed by atoms with van der Waals surface area (Å²) in [5.41, 5.74) is 4.56. The zero-order chi connectivity index (χ0) is 17.6. The maximum absolute atomic E-state index is 13.4. The van der Waals surface area contributed by atoms with Gasteiger partial charge in [-0.15, -0.1) is 13.2 Å². The fourth-order valence-corrected chi connectivity index (χ4v) is 2.02. The van der Waals surface area contributed by atoms with Gasteiger partial charge < -0.3 is 15.2 Å². The number of rotatable bonds is 4. The lowest BCUT2D eigenvalue weighted by Gasteiger charge is -2.16. The molecule has 2 heterocycles. The van der Waals surface area contributed by atoms with E-state index in [0.29, 0.717) is 12.8 Å². The third-order valence-electron chi connectivity index (χ3n) is 3.21. The largest absolute Gasteiger partial charge is 0.463 e. The van der Waals surface area contributed by atoms with Crippen LogP contribution in [-0.2, 0) is 14.3 Å². The molecular formula is C15H22FN3O4. The highest BCUT2D eigenvalue weighted by Crippen LogP contribution is 2.27. The number of nitrogens with zero attached hydrogens (tertiary/aromatic N) is 2. The molecule has 2 rings (SSSR count). The Hall–Kier alpha value is -2.22. The Bertz CT molecular complexity index is 603. The van der Waals surface area contributed by atoms with Gasteiger partial charge in [0.05, 0.1) is 18.2 Å². The van der Waals surface area contributed by atoms with Crippen LogP contribution in [0.1, 0.15) is 32.9 Å². The Morgan fingerprint density at radius 3 is 2.83 bits per heavy atom. The monoisotopic (exact) mass is 327 g/mol. The molecule has 0 radical (unpaired) electrons. The van der Waals surface area contributed by atoms with Crippen molar-refractivity contribution >= 4 is 11.8 Å². The van der Waals surface area contributed by atoms with Crippen molar-refractivity contribution in [2.45, 2.75) is 39.0 Å². The molecule has 0 bridgehead atoms. The number of aromatic nitrogens is 2. The minimum atomic E-state index is -0.770. The van der Waals surface area contributed by atoms with Crippen molar-refractivity contribution in [2.75, 3.05) is 12.3 Å². The summed E-state index contributed by atoms with van der Waals surface area (Å²) in [5, 5.41) is 0. The molecule has 2 N–H and O–H groups in total. The van der Waals surface area contributed by atoms with Gasteiger partial charge >= 0.3 is 11.7 Å². The predicted octanol–water partition coefficient (Wildman–Crippen LogP) is 1.64. The molecule has 0 aromatic carbocycles. The van der Waals surface area contributed by atoms with Crippen molar-refractivity contribution in [2.24, 2.45) is 5.92 Å². The maximum atomic E-state index is 13.4. The lowest BCUT2D eigenvalue weighted by atomic mass is 10.2. The predicted molar refractivity (Wildman–Crippen MR) is 83.1 cm³/mol. The second kappa shape index (κ2) is 8.42. The average molecular weight is 327 g/mol. The SMILES string of the molecule is C=C.CC(C)C(=O)OCC1CCC(n2cc(F)c(N)nc2=O)O1.